The molecule has 1 aromatic heterocycles. The van der Waals surface area contributed by atoms with Crippen molar-refractivity contribution in [1.29, 1.82) is 0 Å². The number of ether oxygens (including phenoxy) is 2. The smallest absolute Gasteiger partial charge is 0.229 e. The molecule has 1 aliphatic heterocycles. The summed E-state index contributed by atoms with van der Waals surface area (Å²) in [5, 5.41) is 4.09. The Morgan fingerprint density at radius 1 is 1.12 bits per heavy atom. The maximum absolute atomic E-state index is 6.62. The van der Waals surface area contributed by atoms with E-state index in [0.29, 0.717) is 45.3 Å². The molecule has 0 spiro atoms. The summed E-state index contributed by atoms with van der Waals surface area (Å²) in [6.45, 7) is 2.51. The van der Waals surface area contributed by atoms with E-state index >= 15 is 0 Å². The number of hydrogen-bond donors (Lipinski definition) is 2. The van der Waals surface area contributed by atoms with Crippen molar-refractivity contribution in [3.8, 4) is 11.5 Å². The largest absolute Gasteiger partial charge is 0.495 e. The Morgan fingerprint density at radius 2 is 1.81 bits per heavy atom. The number of aromatic nitrogens is 2. The average Bonchev–Trinajstić information content (AvgIpc) is 2.77. The number of aryl methyl sites for hydroxylation is 1. The first-order valence-electron chi connectivity index (χ1n) is 9.85. The molecule has 9 heteroatoms. The van der Waals surface area contributed by atoms with Crippen LogP contribution in [0.1, 0.15) is 16.7 Å². The van der Waals surface area contributed by atoms with Crippen molar-refractivity contribution in [2.75, 3.05) is 43.8 Å². The van der Waals surface area contributed by atoms with Gasteiger partial charge in [-0.2, -0.15) is 4.98 Å². The Hall–Kier alpha value is -3.16. The van der Waals surface area contributed by atoms with E-state index in [1.54, 1.807) is 26.5 Å². The van der Waals surface area contributed by atoms with E-state index in [-0.39, 0.29) is 0 Å². The van der Waals surface area contributed by atoms with Crippen LogP contribution in [0, 0.1) is 6.92 Å². The van der Waals surface area contributed by atoms with Crippen LogP contribution in [0.4, 0.5) is 23.1 Å². The molecule has 0 bridgehead atoms. The normalized spacial score (nSPS) is 12.8. The summed E-state index contributed by atoms with van der Waals surface area (Å²) in [6.07, 6.45) is 3.74. The third kappa shape index (κ3) is 3.89. The number of nitrogen functional groups attached to an aromatic ring is 1. The molecule has 2 heterocycles. The summed E-state index contributed by atoms with van der Waals surface area (Å²) in [5.74, 6) is 2.22. The molecule has 1 aliphatic rings. The molecule has 7 nitrogen and oxygen atoms in total. The van der Waals surface area contributed by atoms with Gasteiger partial charge < -0.3 is 25.4 Å². The van der Waals surface area contributed by atoms with Gasteiger partial charge in [0.1, 0.15) is 17.3 Å². The van der Waals surface area contributed by atoms with Gasteiger partial charge >= 0.3 is 0 Å². The number of fused-ring (bicyclic) bond motifs is 1. The number of benzene rings is 2. The Balaban J connectivity index is 1.75. The Kier molecular flexibility index (Phi) is 6.04. The van der Waals surface area contributed by atoms with Crippen LogP contribution in [0.15, 0.2) is 30.5 Å². The highest BCUT2D eigenvalue weighted by Gasteiger charge is 2.25. The van der Waals surface area contributed by atoms with Crippen LogP contribution in [-0.4, -0.2) is 37.8 Å². The van der Waals surface area contributed by atoms with Crippen molar-refractivity contribution in [1.82, 2.24) is 9.97 Å². The molecule has 0 saturated carbocycles. The monoisotopic (exact) mass is 471 g/mol. The van der Waals surface area contributed by atoms with Gasteiger partial charge in [-0.25, -0.2) is 4.98 Å². The van der Waals surface area contributed by atoms with E-state index in [1.807, 2.05) is 43.1 Å². The third-order valence-electron chi connectivity index (χ3n) is 5.33. The number of anilines is 4. The first-order chi connectivity index (χ1) is 15.3. The topological polar surface area (TPSA) is 85.5 Å². The van der Waals surface area contributed by atoms with Crippen molar-refractivity contribution >= 4 is 58.0 Å². The molecule has 4 rings (SSSR count). The molecule has 2 aromatic carbocycles. The zero-order valence-electron chi connectivity index (χ0n) is 18.2. The predicted octanol–water partition coefficient (Wildman–Crippen LogP) is 5.43. The number of nitrogens with one attached hydrogen (secondary N) is 1. The maximum atomic E-state index is 6.62. The van der Waals surface area contributed by atoms with Crippen molar-refractivity contribution in [3.05, 3.63) is 57.2 Å². The van der Waals surface area contributed by atoms with Gasteiger partial charge in [0, 0.05) is 37.0 Å². The fraction of sp³-hybridized carbons (Fsp3) is 0.217. The fourth-order valence-electron chi connectivity index (χ4n) is 3.71. The maximum Gasteiger partial charge on any atom is 0.229 e. The van der Waals surface area contributed by atoms with Crippen LogP contribution in [0.25, 0.3) is 11.6 Å². The van der Waals surface area contributed by atoms with Gasteiger partial charge in [0.15, 0.2) is 0 Å². The molecular weight excluding hydrogens is 449 g/mol. The minimum atomic E-state index is 0.427. The summed E-state index contributed by atoms with van der Waals surface area (Å²) in [6, 6.07) is 7.40. The fourth-order valence-corrected chi connectivity index (χ4v) is 4.45. The highest BCUT2D eigenvalue weighted by Crippen LogP contribution is 2.45. The summed E-state index contributed by atoms with van der Waals surface area (Å²) in [4.78, 5) is 11.2. The minimum absolute atomic E-state index is 0.427. The first-order valence-corrected chi connectivity index (χ1v) is 10.6. The van der Waals surface area contributed by atoms with Crippen molar-refractivity contribution in [2.24, 2.45) is 0 Å². The van der Waals surface area contributed by atoms with E-state index in [9.17, 15) is 0 Å². The van der Waals surface area contributed by atoms with Crippen LogP contribution >= 0.6 is 23.2 Å². The predicted molar refractivity (Wildman–Crippen MR) is 132 cm³/mol. The number of rotatable bonds is 5. The Morgan fingerprint density at radius 3 is 2.44 bits per heavy atom. The number of nitrogens with two attached hydrogens (primary N) is 1. The van der Waals surface area contributed by atoms with E-state index < -0.39 is 0 Å². The molecule has 0 radical (unpaired) electrons. The van der Waals surface area contributed by atoms with Gasteiger partial charge in [0.05, 0.1) is 35.6 Å². The minimum Gasteiger partial charge on any atom is -0.495 e. The standard InChI is InChI=1S/C23H23Cl2N5O2/c1-12-6-5-7-15(26)21(12)28-23-27-10-13-8-14(11-30(2)22(13)29-23)18-19(24)16(31-3)9-17(32-4)20(18)25/h5-10H,11,26H2,1-4H3,(H,27,28,29). The van der Waals surface area contributed by atoms with E-state index in [2.05, 4.69) is 10.3 Å². The van der Waals surface area contributed by atoms with Crippen LogP contribution < -0.4 is 25.4 Å². The summed E-state index contributed by atoms with van der Waals surface area (Å²) >= 11 is 13.2. The first kappa shape index (κ1) is 22.0. The van der Waals surface area contributed by atoms with E-state index in [4.69, 9.17) is 43.4 Å². The van der Waals surface area contributed by atoms with Crippen LogP contribution in [0.2, 0.25) is 10.0 Å². The third-order valence-corrected chi connectivity index (χ3v) is 6.08. The molecule has 0 aliphatic carbocycles. The van der Waals surface area contributed by atoms with Gasteiger partial charge in [-0.05, 0) is 30.2 Å². The number of hydrogen-bond acceptors (Lipinski definition) is 7. The molecule has 3 N–H and O–H groups in total. The van der Waals surface area contributed by atoms with Gasteiger partial charge in [0.25, 0.3) is 0 Å². The quantitative estimate of drug-likeness (QED) is 0.480. The van der Waals surface area contributed by atoms with Crippen LogP contribution in [0.3, 0.4) is 0 Å². The molecule has 0 atom stereocenters. The van der Waals surface area contributed by atoms with Gasteiger partial charge in [-0.1, -0.05) is 35.3 Å². The number of likely N-dealkylation sites (N-methyl/N-ethyl adjacent to an activating group) is 1. The van der Waals surface area contributed by atoms with Crippen LogP contribution in [-0.2, 0) is 0 Å². The highest BCUT2D eigenvalue weighted by atomic mass is 35.5. The molecule has 166 valence electrons. The Labute approximate surface area is 196 Å². The average molecular weight is 472 g/mol. The van der Waals surface area contributed by atoms with E-state index in [1.165, 1.54) is 0 Å². The van der Waals surface area contributed by atoms with Crippen molar-refractivity contribution in [2.45, 2.75) is 6.92 Å². The molecule has 3 aromatic rings. The number of methoxy groups -OCH3 is 2. The molecule has 0 unspecified atom stereocenters. The lowest BCUT2D eigenvalue weighted by atomic mass is 9.99. The second kappa shape index (κ2) is 8.76. The van der Waals surface area contributed by atoms with Gasteiger partial charge in [0.2, 0.25) is 5.95 Å². The molecule has 0 saturated heterocycles. The summed E-state index contributed by atoms with van der Waals surface area (Å²) in [5.41, 5.74) is 11.0. The number of halogens is 2. The highest BCUT2D eigenvalue weighted by molar-refractivity contribution is 6.39. The molecular formula is C23H23Cl2N5O2. The van der Waals surface area contributed by atoms with Crippen molar-refractivity contribution in [3.63, 3.8) is 0 Å². The number of nitrogens with zero attached hydrogens (tertiary/aromatic N) is 3. The molecule has 0 amide bonds. The second-order valence-electron chi connectivity index (χ2n) is 7.45. The molecule has 0 fully saturated rings. The zero-order valence-corrected chi connectivity index (χ0v) is 19.7. The summed E-state index contributed by atoms with van der Waals surface area (Å²) in [7, 11) is 5.06. The van der Waals surface area contributed by atoms with E-state index in [0.717, 1.165) is 28.2 Å². The lowest BCUT2D eigenvalue weighted by Crippen LogP contribution is -2.25. The Bertz CT molecular complexity index is 1180. The van der Waals surface area contributed by atoms with Gasteiger partial charge in [-0.3, -0.25) is 0 Å². The SMILES string of the molecule is COc1cc(OC)c(Cl)c(C2=Cc3cnc(Nc4c(C)cccc4N)nc3N(C)C2)c1Cl. The zero-order chi connectivity index (χ0) is 23.0. The molecule has 32 heavy (non-hydrogen) atoms. The van der Waals surface area contributed by atoms with Crippen LogP contribution in [0.5, 0.6) is 11.5 Å². The second-order valence-corrected chi connectivity index (χ2v) is 8.20. The van der Waals surface area contributed by atoms with Crippen molar-refractivity contribution < 1.29 is 9.47 Å². The lowest BCUT2D eigenvalue weighted by Gasteiger charge is -2.28. The van der Waals surface area contributed by atoms with Gasteiger partial charge in [-0.15, -0.1) is 0 Å². The summed E-state index contributed by atoms with van der Waals surface area (Å²) < 4.78 is 10.8. The number of para-hydroxylation sites is 1. The lowest BCUT2D eigenvalue weighted by molar-refractivity contribution is 0.394.